The lowest BCUT2D eigenvalue weighted by molar-refractivity contribution is 0.211. The van der Waals surface area contributed by atoms with Gasteiger partial charge in [0.25, 0.3) is 0 Å². The average molecular weight is 336 g/mol. The van der Waals surface area contributed by atoms with E-state index in [4.69, 9.17) is 25.8 Å². The summed E-state index contributed by atoms with van der Waals surface area (Å²) in [6, 6.07) is 11.5. The first kappa shape index (κ1) is 17.4. The smallest absolute Gasteiger partial charge is 0.161 e. The van der Waals surface area contributed by atoms with Crippen molar-refractivity contribution in [1.29, 1.82) is 0 Å². The molecule has 0 spiro atoms. The second-order valence-electron chi connectivity index (χ2n) is 5.12. The maximum absolute atomic E-state index is 6.00. The van der Waals surface area contributed by atoms with Crippen LogP contribution in [-0.2, 0) is 6.54 Å². The molecular weight excluding hydrogens is 314 g/mol. The maximum Gasteiger partial charge on any atom is 0.161 e. The predicted molar refractivity (Wildman–Crippen MR) is 92.9 cm³/mol. The quantitative estimate of drug-likeness (QED) is 0.744. The van der Waals surface area contributed by atoms with Crippen LogP contribution in [0.25, 0.3) is 0 Å². The van der Waals surface area contributed by atoms with E-state index in [0.29, 0.717) is 19.0 Å². The number of aryl methyl sites for hydroxylation is 1. The molecule has 2 aromatic carbocycles. The number of methoxy groups -OCH3 is 1. The van der Waals surface area contributed by atoms with Crippen molar-refractivity contribution in [2.45, 2.75) is 13.5 Å². The van der Waals surface area contributed by atoms with E-state index in [-0.39, 0.29) is 0 Å². The molecule has 0 aliphatic rings. The Labute approximate surface area is 142 Å². The molecule has 0 unspecified atom stereocenters. The average Bonchev–Trinajstić information content (AvgIpc) is 2.55. The predicted octanol–water partition coefficient (Wildman–Crippen LogP) is 3.83. The van der Waals surface area contributed by atoms with E-state index in [1.165, 1.54) is 0 Å². The lowest BCUT2D eigenvalue weighted by Crippen LogP contribution is -2.10. The summed E-state index contributed by atoms with van der Waals surface area (Å²) in [6.07, 6.45) is 0. The van der Waals surface area contributed by atoms with Gasteiger partial charge in [-0.05, 0) is 55.4 Å². The fourth-order valence-electron chi connectivity index (χ4n) is 2.17. The fraction of sp³-hybridized carbons (Fsp3) is 0.333. The molecular formula is C18H22ClNO3. The van der Waals surface area contributed by atoms with Gasteiger partial charge in [-0.3, -0.25) is 0 Å². The highest BCUT2D eigenvalue weighted by molar-refractivity contribution is 6.31. The van der Waals surface area contributed by atoms with E-state index in [0.717, 1.165) is 34.2 Å². The maximum atomic E-state index is 6.00. The van der Waals surface area contributed by atoms with Gasteiger partial charge in [-0.1, -0.05) is 17.7 Å². The van der Waals surface area contributed by atoms with Crippen molar-refractivity contribution in [3.8, 4) is 17.2 Å². The Morgan fingerprint density at radius 1 is 1.00 bits per heavy atom. The zero-order valence-corrected chi connectivity index (χ0v) is 14.4. The Morgan fingerprint density at radius 2 is 1.78 bits per heavy atom. The minimum atomic E-state index is 0.432. The number of halogens is 1. The van der Waals surface area contributed by atoms with Gasteiger partial charge in [0.05, 0.1) is 7.11 Å². The highest BCUT2D eigenvalue weighted by Crippen LogP contribution is 2.28. The van der Waals surface area contributed by atoms with Gasteiger partial charge in [0.2, 0.25) is 0 Å². The van der Waals surface area contributed by atoms with Crippen LogP contribution in [0, 0.1) is 6.92 Å². The zero-order valence-electron chi connectivity index (χ0n) is 13.7. The molecule has 2 aromatic rings. The van der Waals surface area contributed by atoms with Crippen LogP contribution in [0.3, 0.4) is 0 Å². The zero-order chi connectivity index (χ0) is 16.7. The number of ether oxygens (including phenoxy) is 3. The molecule has 0 aromatic heterocycles. The molecule has 0 bridgehead atoms. The molecule has 0 amide bonds. The van der Waals surface area contributed by atoms with Crippen LogP contribution in [-0.4, -0.2) is 27.4 Å². The monoisotopic (exact) mass is 335 g/mol. The van der Waals surface area contributed by atoms with Crippen LogP contribution in [0.15, 0.2) is 36.4 Å². The van der Waals surface area contributed by atoms with Crippen molar-refractivity contribution in [2.75, 3.05) is 27.4 Å². The summed E-state index contributed by atoms with van der Waals surface area (Å²) in [6.45, 7) is 3.60. The molecule has 124 valence electrons. The lowest BCUT2D eigenvalue weighted by atomic mass is 10.2. The number of rotatable bonds is 8. The third-order valence-corrected chi connectivity index (χ3v) is 3.77. The van der Waals surface area contributed by atoms with Crippen LogP contribution < -0.4 is 19.5 Å². The Balaban J connectivity index is 1.90. The first-order chi connectivity index (χ1) is 11.1. The van der Waals surface area contributed by atoms with E-state index < -0.39 is 0 Å². The van der Waals surface area contributed by atoms with Gasteiger partial charge in [-0.15, -0.1) is 0 Å². The van der Waals surface area contributed by atoms with Crippen molar-refractivity contribution in [1.82, 2.24) is 5.32 Å². The molecule has 5 heteroatoms. The van der Waals surface area contributed by atoms with Crippen LogP contribution >= 0.6 is 11.6 Å². The van der Waals surface area contributed by atoms with Gasteiger partial charge < -0.3 is 19.5 Å². The molecule has 0 fully saturated rings. The molecule has 23 heavy (non-hydrogen) atoms. The normalized spacial score (nSPS) is 10.4. The molecule has 0 heterocycles. The summed E-state index contributed by atoms with van der Waals surface area (Å²) >= 11 is 6.00. The van der Waals surface area contributed by atoms with Crippen LogP contribution in [0.4, 0.5) is 0 Å². The van der Waals surface area contributed by atoms with E-state index in [1.54, 1.807) is 7.11 Å². The molecule has 4 nitrogen and oxygen atoms in total. The minimum Gasteiger partial charge on any atom is -0.493 e. The summed E-state index contributed by atoms with van der Waals surface area (Å²) in [5.74, 6) is 2.22. The first-order valence-corrected chi connectivity index (χ1v) is 7.85. The SMILES string of the molecule is CNCc1ccc(OC)c(OCCOc2ccc(Cl)c(C)c2)c1. The molecule has 0 saturated heterocycles. The van der Waals surface area contributed by atoms with E-state index in [9.17, 15) is 0 Å². The summed E-state index contributed by atoms with van der Waals surface area (Å²) in [5.41, 5.74) is 2.13. The van der Waals surface area contributed by atoms with Crippen LogP contribution in [0.5, 0.6) is 17.2 Å². The van der Waals surface area contributed by atoms with Gasteiger partial charge in [0, 0.05) is 11.6 Å². The summed E-state index contributed by atoms with van der Waals surface area (Å²) in [4.78, 5) is 0. The van der Waals surface area contributed by atoms with E-state index >= 15 is 0 Å². The Morgan fingerprint density at radius 3 is 2.48 bits per heavy atom. The van der Waals surface area contributed by atoms with Crippen molar-refractivity contribution in [2.24, 2.45) is 0 Å². The number of hydrogen-bond donors (Lipinski definition) is 1. The summed E-state index contributed by atoms with van der Waals surface area (Å²) in [7, 11) is 3.54. The van der Waals surface area contributed by atoms with Crippen molar-refractivity contribution < 1.29 is 14.2 Å². The molecule has 0 radical (unpaired) electrons. The standard InChI is InChI=1S/C18H22ClNO3/c1-13-10-15(5-6-16(13)19)22-8-9-23-18-11-14(12-20-2)4-7-17(18)21-3/h4-7,10-11,20H,8-9,12H2,1-3H3. The highest BCUT2D eigenvalue weighted by atomic mass is 35.5. The molecule has 0 aliphatic heterocycles. The Kier molecular flexibility index (Phi) is 6.56. The summed E-state index contributed by atoms with van der Waals surface area (Å²) < 4.78 is 16.8. The molecule has 1 N–H and O–H groups in total. The van der Waals surface area contributed by atoms with Crippen LogP contribution in [0.2, 0.25) is 5.02 Å². The third kappa shape index (κ3) is 5.05. The second kappa shape index (κ2) is 8.65. The topological polar surface area (TPSA) is 39.7 Å². The van der Waals surface area contributed by atoms with Crippen molar-refractivity contribution in [3.05, 3.63) is 52.5 Å². The van der Waals surface area contributed by atoms with Gasteiger partial charge in [-0.2, -0.15) is 0 Å². The summed E-state index contributed by atoms with van der Waals surface area (Å²) in [5, 5.41) is 3.85. The molecule has 0 atom stereocenters. The van der Waals surface area contributed by atoms with E-state index in [2.05, 4.69) is 5.32 Å². The molecule has 0 aliphatic carbocycles. The first-order valence-electron chi connectivity index (χ1n) is 7.47. The Hall–Kier alpha value is -1.91. The molecule has 2 rings (SSSR count). The van der Waals surface area contributed by atoms with E-state index in [1.807, 2.05) is 50.4 Å². The number of benzene rings is 2. The van der Waals surface area contributed by atoms with Crippen LogP contribution in [0.1, 0.15) is 11.1 Å². The third-order valence-electron chi connectivity index (χ3n) is 3.35. The fourth-order valence-corrected chi connectivity index (χ4v) is 2.28. The lowest BCUT2D eigenvalue weighted by Gasteiger charge is -2.13. The van der Waals surface area contributed by atoms with Crippen molar-refractivity contribution >= 4 is 11.6 Å². The largest absolute Gasteiger partial charge is 0.493 e. The highest BCUT2D eigenvalue weighted by Gasteiger charge is 2.06. The van der Waals surface area contributed by atoms with Gasteiger partial charge in [0.1, 0.15) is 19.0 Å². The molecule has 0 saturated carbocycles. The number of hydrogen-bond acceptors (Lipinski definition) is 4. The number of nitrogens with one attached hydrogen (secondary N) is 1. The second-order valence-corrected chi connectivity index (χ2v) is 5.53. The van der Waals surface area contributed by atoms with Gasteiger partial charge >= 0.3 is 0 Å². The van der Waals surface area contributed by atoms with Gasteiger partial charge in [0.15, 0.2) is 11.5 Å². The van der Waals surface area contributed by atoms with Crippen molar-refractivity contribution in [3.63, 3.8) is 0 Å². The Bertz CT molecular complexity index is 646. The van der Waals surface area contributed by atoms with Gasteiger partial charge in [-0.25, -0.2) is 0 Å². The minimum absolute atomic E-state index is 0.432.